The number of ether oxygens (including phenoxy) is 3. The summed E-state index contributed by atoms with van der Waals surface area (Å²) in [5.74, 6) is 2.10. The predicted molar refractivity (Wildman–Crippen MR) is 105 cm³/mol. The molecule has 0 bridgehead atoms. The van der Waals surface area contributed by atoms with Crippen LogP contribution in [-0.4, -0.2) is 38.2 Å². The molecule has 1 heterocycles. The van der Waals surface area contributed by atoms with Gasteiger partial charge in [0.2, 0.25) is 0 Å². The van der Waals surface area contributed by atoms with E-state index in [9.17, 15) is 4.79 Å². The number of carbonyl (C=O) groups is 1. The molecule has 1 aliphatic heterocycles. The van der Waals surface area contributed by atoms with Gasteiger partial charge in [-0.1, -0.05) is 11.6 Å². The molecule has 1 saturated heterocycles. The van der Waals surface area contributed by atoms with Crippen LogP contribution in [0.15, 0.2) is 36.4 Å². The third kappa shape index (κ3) is 4.30. The van der Waals surface area contributed by atoms with Gasteiger partial charge in [-0.25, -0.2) is 0 Å². The van der Waals surface area contributed by atoms with Gasteiger partial charge in [0.25, 0.3) is 5.91 Å². The topological polar surface area (TPSA) is 48.0 Å². The van der Waals surface area contributed by atoms with Crippen LogP contribution in [0.25, 0.3) is 0 Å². The molecule has 5 nitrogen and oxygen atoms in total. The number of methoxy groups -OCH3 is 2. The molecule has 0 N–H and O–H groups in total. The average molecular weight is 390 g/mol. The maximum atomic E-state index is 12.8. The van der Waals surface area contributed by atoms with Crippen LogP contribution < -0.4 is 14.2 Å². The summed E-state index contributed by atoms with van der Waals surface area (Å²) in [6.45, 7) is 2.60. The minimum Gasteiger partial charge on any atom is -0.497 e. The Morgan fingerprint density at radius 3 is 2.63 bits per heavy atom. The van der Waals surface area contributed by atoms with Crippen molar-refractivity contribution in [1.29, 1.82) is 0 Å². The molecule has 3 rings (SSSR count). The van der Waals surface area contributed by atoms with E-state index in [1.54, 1.807) is 26.4 Å². The Kier molecular flexibility index (Phi) is 6.11. The van der Waals surface area contributed by atoms with Crippen LogP contribution in [0.2, 0.25) is 5.02 Å². The molecular weight excluding hydrogens is 366 g/mol. The molecule has 0 radical (unpaired) electrons. The van der Waals surface area contributed by atoms with Crippen molar-refractivity contribution in [3.05, 3.63) is 52.5 Å². The van der Waals surface area contributed by atoms with Crippen LogP contribution >= 0.6 is 11.6 Å². The van der Waals surface area contributed by atoms with E-state index in [0.717, 1.165) is 35.5 Å². The molecule has 0 spiro atoms. The first-order valence-corrected chi connectivity index (χ1v) is 9.31. The van der Waals surface area contributed by atoms with Gasteiger partial charge in [0.1, 0.15) is 17.2 Å². The molecule has 1 amide bonds. The standard InChI is InChI=1S/C21H24ClNO4/c1-14-11-16(6-8-18(14)22)27-13-21(24)23-10-4-5-19(23)17-12-15(25-2)7-9-20(17)26-3/h6-9,11-12,19H,4-5,10,13H2,1-3H3/t19-/m0/s1. The lowest BCUT2D eigenvalue weighted by molar-refractivity contribution is -0.134. The summed E-state index contributed by atoms with van der Waals surface area (Å²) >= 11 is 6.03. The van der Waals surface area contributed by atoms with E-state index in [4.69, 9.17) is 25.8 Å². The zero-order chi connectivity index (χ0) is 19.4. The maximum Gasteiger partial charge on any atom is 0.261 e. The molecule has 27 heavy (non-hydrogen) atoms. The Balaban J connectivity index is 1.74. The van der Waals surface area contributed by atoms with Crippen LogP contribution in [0.1, 0.15) is 30.0 Å². The minimum atomic E-state index is -0.0463. The first-order chi connectivity index (χ1) is 13.0. The van der Waals surface area contributed by atoms with E-state index in [-0.39, 0.29) is 18.6 Å². The van der Waals surface area contributed by atoms with Crippen molar-refractivity contribution in [3.63, 3.8) is 0 Å². The van der Waals surface area contributed by atoms with E-state index in [2.05, 4.69) is 0 Å². The van der Waals surface area contributed by atoms with E-state index < -0.39 is 0 Å². The molecule has 1 fully saturated rings. The molecule has 2 aromatic carbocycles. The molecule has 1 aliphatic rings. The molecule has 0 aromatic heterocycles. The number of halogens is 1. The number of aryl methyl sites for hydroxylation is 1. The number of amides is 1. The zero-order valence-electron chi connectivity index (χ0n) is 15.8. The first kappa shape index (κ1) is 19.4. The molecule has 1 atom stereocenters. The minimum absolute atomic E-state index is 0.0101. The third-order valence-electron chi connectivity index (χ3n) is 4.86. The number of hydrogen-bond donors (Lipinski definition) is 0. The highest BCUT2D eigenvalue weighted by atomic mass is 35.5. The van der Waals surface area contributed by atoms with Crippen LogP contribution in [-0.2, 0) is 4.79 Å². The van der Waals surface area contributed by atoms with Crippen molar-refractivity contribution in [2.45, 2.75) is 25.8 Å². The van der Waals surface area contributed by atoms with Gasteiger partial charge in [-0.15, -0.1) is 0 Å². The fourth-order valence-electron chi connectivity index (χ4n) is 3.42. The van der Waals surface area contributed by atoms with Crippen LogP contribution in [0.5, 0.6) is 17.2 Å². The van der Waals surface area contributed by atoms with Crippen molar-refractivity contribution < 1.29 is 19.0 Å². The summed E-state index contributed by atoms with van der Waals surface area (Å²) in [6.07, 6.45) is 1.83. The zero-order valence-corrected chi connectivity index (χ0v) is 16.6. The van der Waals surface area contributed by atoms with Crippen molar-refractivity contribution in [1.82, 2.24) is 4.90 Å². The highest BCUT2D eigenvalue weighted by Crippen LogP contribution is 2.39. The Hall–Kier alpha value is -2.40. The second-order valence-electron chi connectivity index (χ2n) is 6.55. The van der Waals surface area contributed by atoms with Gasteiger partial charge in [-0.05, 0) is 61.7 Å². The number of hydrogen-bond acceptors (Lipinski definition) is 4. The molecule has 0 saturated carbocycles. The fourth-order valence-corrected chi connectivity index (χ4v) is 3.54. The van der Waals surface area contributed by atoms with Crippen LogP contribution in [0, 0.1) is 6.92 Å². The highest BCUT2D eigenvalue weighted by molar-refractivity contribution is 6.31. The molecule has 144 valence electrons. The quantitative estimate of drug-likeness (QED) is 0.734. The van der Waals surface area contributed by atoms with E-state index in [0.29, 0.717) is 17.3 Å². The lowest BCUT2D eigenvalue weighted by Crippen LogP contribution is -2.34. The normalized spacial score (nSPS) is 16.3. The van der Waals surface area contributed by atoms with Gasteiger partial charge in [0.05, 0.1) is 20.3 Å². The first-order valence-electron chi connectivity index (χ1n) is 8.94. The van der Waals surface area contributed by atoms with Crippen LogP contribution in [0.3, 0.4) is 0 Å². The summed E-state index contributed by atoms with van der Waals surface area (Å²) in [5.41, 5.74) is 1.88. The number of likely N-dealkylation sites (tertiary alicyclic amines) is 1. The maximum absolute atomic E-state index is 12.8. The summed E-state index contributed by atoms with van der Waals surface area (Å²) in [4.78, 5) is 14.7. The Morgan fingerprint density at radius 2 is 1.93 bits per heavy atom. The number of carbonyl (C=O) groups excluding carboxylic acids is 1. The fraction of sp³-hybridized carbons (Fsp3) is 0.381. The second kappa shape index (κ2) is 8.53. The van der Waals surface area contributed by atoms with Crippen molar-refractivity contribution in [3.8, 4) is 17.2 Å². The Morgan fingerprint density at radius 1 is 1.15 bits per heavy atom. The molecule has 0 unspecified atom stereocenters. The summed E-state index contributed by atoms with van der Waals surface area (Å²) < 4.78 is 16.5. The van der Waals surface area contributed by atoms with E-state index in [1.165, 1.54) is 0 Å². The lowest BCUT2D eigenvalue weighted by atomic mass is 10.0. The SMILES string of the molecule is COc1ccc(OC)c([C@@H]2CCCN2C(=O)COc2ccc(Cl)c(C)c2)c1. The van der Waals surface area contributed by atoms with E-state index in [1.807, 2.05) is 36.1 Å². The van der Waals surface area contributed by atoms with Gasteiger partial charge in [-0.2, -0.15) is 0 Å². The van der Waals surface area contributed by atoms with Gasteiger partial charge in [0, 0.05) is 17.1 Å². The smallest absolute Gasteiger partial charge is 0.261 e. The van der Waals surface area contributed by atoms with Crippen molar-refractivity contribution >= 4 is 17.5 Å². The lowest BCUT2D eigenvalue weighted by Gasteiger charge is -2.26. The highest BCUT2D eigenvalue weighted by Gasteiger charge is 2.32. The summed E-state index contributed by atoms with van der Waals surface area (Å²) in [5, 5.41) is 0.679. The second-order valence-corrected chi connectivity index (χ2v) is 6.96. The largest absolute Gasteiger partial charge is 0.497 e. The van der Waals surface area contributed by atoms with Gasteiger partial charge in [0.15, 0.2) is 6.61 Å². The van der Waals surface area contributed by atoms with Crippen molar-refractivity contribution in [2.75, 3.05) is 27.4 Å². The number of rotatable bonds is 6. The monoisotopic (exact) mass is 389 g/mol. The number of benzene rings is 2. The molecule has 6 heteroatoms. The average Bonchev–Trinajstić information content (AvgIpc) is 3.17. The predicted octanol–water partition coefficient (Wildman–Crippen LogP) is 4.41. The Labute approximate surface area is 164 Å². The van der Waals surface area contributed by atoms with Gasteiger partial charge in [-0.3, -0.25) is 4.79 Å². The van der Waals surface area contributed by atoms with Crippen molar-refractivity contribution in [2.24, 2.45) is 0 Å². The van der Waals surface area contributed by atoms with Crippen LogP contribution in [0.4, 0.5) is 0 Å². The van der Waals surface area contributed by atoms with E-state index >= 15 is 0 Å². The Bertz CT molecular complexity index is 824. The van der Waals surface area contributed by atoms with Gasteiger partial charge >= 0.3 is 0 Å². The van der Waals surface area contributed by atoms with Gasteiger partial charge < -0.3 is 19.1 Å². The molecular formula is C21H24ClNO4. The third-order valence-corrected chi connectivity index (χ3v) is 5.28. The summed E-state index contributed by atoms with van der Waals surface area (Å²) in [6, 6.07) is 11.0. The summed E-state index contributed by atoms with van der Waals surface area (Å²) in [7, 11) is 3.27. The molecule has 0 aliphatic carbocycles. The molecule has 2 aromatic rings. The number of nitrogens with zero attached hydrogens (tertiary/aromatic N) is 1.